The van der Waals surface area contributed by atoms with Crippen LogP contribution in [0, 0.1) is 0 Å². The van der Waals surface area contributed by atoms with Crippen LogP contribution in [0.4, 0.5) is 0 Å². The second-order valence-electron chi connectivity index (χ2n) is 4.38. The highest BCUT2D eigenvalue weighted by molar-refractivity contribution is 4.87. The topological polar surface area (TPSA) is 53.2 Å². The molecular formula is C12H18N2O3. The standard InChI is InChI=1S/C12H18N2O3/c1-2-6-13-7-5-11(15)14(12(13)16)9-10-4-3-8-17-10/h5,7,10H,2-4,6,8-9H2,1H3. The van der Waals surface area contributed by atoms with E-state index in [-0.39, 0.29) is 17.4 Å². The van der Waals surface area contributed by atoms with Crippen LogP contribution in [-0.4, -0.2) is 21.8 Å². The molecule has 1 aliphatic heterocycles. The van der Waals surface area contributed by atoms with E-state index in [4.69, 9.17) is 4.74 Å². The zero-order valence-corrected chi connectivity index (χ0v) is 10.1. The Morgan fingerprint density at radius 2 is 2.29 bits per heavy atom. The molecule has 0 radical (unpaired) electrons. The Morgan fingerprint density at radius 1 is 1.47 bits per heavy atom. The van der Waals surface area contributed by atoms with Crippen LogP contribution in [0.15, 0.2) is 21.9 Å². The molecule has 1 fully saturated rings. The normalized spacial score (nSPS) is 19.7. The first-order chi connectivity index (χ1) is 8.22. The molecule has 0 aliphatic carbocycles. The van der Waals surface area contributed by atoms with Crippen LogP contribution in [0.1, 0.15) is 26.2 Å². The van der Waals surface area contributed by atoms with Crippen molar-refractivity contribution in [1.29, 1.82) is 0 Å². The Bertz CT molecular complexity index is 483. The second-order valence-corrected chi connectivity index (χ2v) is 4.38. The van der Waals surface area contributed by atoms with Gasteiger partial charge >= 0.3 is 5.69 Å². The summed E-state index contributed by atoms with van der Waals surface area (Å²) in [5, 5.41) is 0. The van der Waals surface area contributed by atoms with Crippen LogP contribution >= 0.6 is 0 Å². The van der Waals surface area contributed by atoms with Crippen LogP contribution in [0.5, 0.6) is 0 Å². The van der Waals surface area contributed by atoms with Crippen molar-refractivity contribution in [3.8, 4) is 0 Å². The highest BCUT2D eigenvalue weighted by Crippen LogP contribution is 2.12. The molecule has 0 saturated carbocycles. The van der Waals surface area contributed by atoms with Crippen molar-refractivity contribution in [1.82, 2.24) is 9.13 Å². The molecule has 1 aliphatic rings. The van der Waals surface area contributed by atoms with Crippen LogP contribution in [0.25, 0.3) is 0 Å². The fraction of sp³-hybridized carbons (Fsp3) is 0.667. The summed E-state index contributed by atoms with van der Waals surface area (Å²) < 4.78 is 8.32. The first-order valence-corrected chi connectivity index (χ1v) is 6.14. The van der Waals surface area contributed by atoms with Crippen molar-refractivity contribution in [2.75, 3.05) is 6.61 Å². The monoisotopic (exact) mass is 238 g/mol. The van der Waals surface area contributed by atoms with E-state index in [2.05, 4.69) is 0 Å². The van der Waals surface area contributed by atoms with Gasteiger partial charge in [0.15, 0.2) is 0 Å². The lowest BCUT2D eigenvalue weighted by atomic mass is 10.2. The smallest absolute Gasteiger partial charge is 0.331 e. The molecule has 1 unspecified atom stereocenters. The molecule has 5 heteroatoms. The minimum absolute atomic E-state index is 0.0119. The van der Waals surface area contributed by atoms with Crippen molar-refractivity contribution < 1.29 is 4.74 Å². The molecular weight excluding hydrogens is 220 g/mol. The molecule has 0 bridgehead atoms. The van der Waals surface area contributed by atoms with E-state index < -0.39 is 0 Å². The maximum absolute atomic E-state index is 12.0. The van der Waals surface area contributed by atoms with E-state index >= 15 is 0 Å². The molecule has 5 nitrogen and oxygen atoms in total. The molecule has 2 rings (SSSR count). The van der Waals surface area contributed by atoms with Gasteiger partial charge in [-0.2, -0.15) is 0 Å². The quantitative estimate of drug-likeness (QED) is 0.772. The number of nitrogens with zero attached hydrogens (tertiary/aromatic N) is 2. The first kappa shape index (κ1) is 12.1. The van der Waals surface area contributed by atoms with Gasteiger partial charge in [-0.3, -0.25) is 9.36 Å². The van der Waals surface area contributed by atoms with E-state index in [1.807, 2.05) is 6.92 Å². The predicted molar refractivity (Wildman–Crippen MR) is 64.2 cm³/mol. The van der Waals surface area contributed by atoms with E-state index in [1.54, 1.807) is 10.8 Å². The van der Waals surface area contributed by atoms with E-state index in [0.29, 0.717) is 13.1 Å². The molecule has 1 aromatic rings. The Hall–Kier alpha value is -1.36. The van der Waals surface area contributed by atoms with Gasteiger partial charge in [0.1, 0.15) is 0 Å². The van der Waals surface area contributed by atoms with Crippen LogP contribution in [0.3, 0.4) is 0 Å². The lowest BCUT2D eigenvalue weighted by molar-refractivity contribution is 0.0946. The Balaban J connectivity index is 2.27. The first-order valence-electron chi connectivity index (χ1n) is 6.14. The predicted octanol–water partition coefficient (Wildman–Crippen LogP) is 0.599. The Morgan fingerprint density at radius 3 is 2.94 bits per heavy atom. The minimum Gasteiger partial charge on any atom is -0.376 e. The number of ether oxygens (including phenoxy) is 1. The van der Waals surface area contributed by atoms with Gasteiger partial charge in [-0.25, -0.2) is 4.79 Å². The number of aryl methyl sites for hydroxylation is 1. The molecule has 1 atom stereocenters. The molecule has 0 amide bonds. The molecule has 1 saturated heterocycles. The molecule has 0 aromatic carbocycles. The Labute approximate surface area is 99.6 Å². The van der Waals surface area contributed by atoms with Crippen molar-refractivity contribution in [3.63, 3.8) is 0 Å². The van der Waals surface area contributed by atoms with Crippen molar-refractivity contribution in [2.45, 2.75) is 45.4 Å². The van der Waals surface area contributed by atoms with Gasteiger partial charge < -0.3 is 9.30 Å². The number of hydrogen-bond donors (Lipinski definition) is 0. The maximum Gasteiger partial charge on any atom is 0.331 e. The summed E-state index contributed by atoms with van der Waals surface area (Å²) in [4.78, 5) is 23.7. The second kappa shape index (κ2) is 5.31. The highest BCUT2D eigenvalue weighted by atomic mass is 16.5. The fourth-order valence-electron chi connectivity index (χ4n) is 2.13. The average Bonchev–Trinajstić information content (AvgIpc) is 2.81. The molecule has 0 N–H and O–H groups in total. The van der Waals surface area contributed by atoms with Crippen LogP contribution in [0.2, 0.25) is 0 Å². The van der Waals surface area contributed by atoms with Gasteiger partial charge in [-0.15, -0.1) is 0 Å². The fourth-order valence-corrected chi connectivity index (χ4v) is 2.13. The summed E-state index contributed by atoms with van der Waals surface area (Å²) >= 11 is 0. The van der Waals surface area contributed by atoms with E-state index in [1.165, 1.54) is 10.6 Å². The Kier molecular flexibility index (Phi) is 3.78. The minimum atomic E-state index is -0.238. The van der Waals surface area contributed by atoms with Gasteiger partial charge in [0.05, 0.1) is 12.6 Å². The van der Waals surface area contributed by atoms with E-state index in [0.717, 1.165) is 25.9 Å². The van der Waals surface area contributed by atoms with Gasteiger partial charge in [0.2, 0.25) is 0 Å². The van der Waals surface area contributed by atoms with Crippen molar-refractivity contribution in [3.05, 3.63) is 33.1 Å². The molecule has 94 valence electrons. The van der Waals surface area contributed by atoms with E-state index in [9.17, 15) is 9.59 Å². The SMILES string of the molecule is CCCn1ccc(=O)n(CC2CCCO2)c1=O. The lowest BCUT2D eigenvalue weighted by Gasteiger charge is -2.12. The molecule has 0 spiro atoms. The third-order valence-corrected chi connectivity index (χ3v) is 3.01. The van der Waals surface area contributed by atoms with Crippen molar-refractivity contribution >= 4 is 0 Å². The average molecular weight is 238 g/mol. The largest absolute Gasteiger partial charge is 0.376 e. The van der Waals surface area contributed by atoms with Crippen molar-refractivity contribution in [2.24, 2.45) is 0 Å². The summed E-state index contributed by atoms with van der Waals surface area (Å²) in [6, 6.07) is 1.45. The zero-order chi connectivity index (χ0) is 12.3. The van der Waals surface area contributed by atoms with Gasteiger partial charge in [-0.05, 0) is 19.3 Å². The molecule has 17 heavy (non-hydrogen) atoms. The van der Waals surface area contributed by atoms with Gasteiger partial charge in [0, 0.05) is 25.4 Å². The third kappa shape index (κ3) is 2.66. The molecule has 2 heterocycles. The summed E-state index contributed by atoms with van der Waals surface area (Å²) in [5.41, 5.74) is -0.465. The highest BCUT2D eigenvalue weighted by Gasteiger charge is 2.18. The van der Waals surface area contributed by atoms with Crippen LogP contribution in [-0.2, 0) is 17.8 Å². The van der Waals surface area contributed by atoms with Gasteiger partial charge in [-0.1, -0.05) is 6.92 Å². The number of aromatic nitrogens is 2. The number of rotatable bonds is 4. The maximum atomic E-state index is 12.0. The summed E-state index contributed by atoms with van der Waals surface area (Å²) in [7, 11) is 0. The van der Waals surface area contributed by atoms with Gasteiger partial charge in [0.25, 0.3) is 5.56 Å². The lowest BCUT2D eigenvalue weighted by Crippen LogP contribution is -2.41. The number of hydrogen-bond acceptors (Lipinski definition) is 3. The third-order valence-electron chi connectivity index (χ3n) is 3.01. The summed E-state index contributed by atoms with van der Waals surface area (Å²) in [5.74, 6) is 0. The zero-order valence-electron chi connectivity index (χ0n) is 10.1. The van der Waals surface area contributed by atoms with Crippen LogP contribution < -0.4 is 11.2 Å². The summed E-state index contributed by atoms with van der Waals surface area (Å²) in [6.45, 7) is 3.75. The summed E-state index contributed by atoms with van der Waals surface area (Å²) in [6.07, 6.45) is 4.39. The molecule has 1 aromatic heterocycles.